The summed E-state index contributed by atoms with van der Waals surface area (Å²) in [5, 5.41) is 0. The maximum atomic E-state index is 13.0. The van der Waals surface area contributed by atoms with Crippen molar-refractivity contribution < 1.29 is 23.9 Å². The SMILES string of the molecule is Cc1ccc(OCC(=O)N2CCN(C(=O)C(C)N3C(=O)c4ccccc4C3=O)CC2)cc1. The molecule has 1 fully saturated rings. The summed E-state index contributed by atoms with van der Waals surface area (Å²) >= 11 is 0. The van der Waals surface area contributed by atoms with Crippen LogP contribution in [0, 0.1) is 6.92 Å². The summed E-state index contributed by atoms with van der Waals surface area (Å²) < 4.78 is 5.56. The van der Waals surface area contributed by atoms with Crippen molar-refractivity contribution in [2.45, 2.75) is 19.9 Å². The van der Waals surface area contributed by atoms with Crippen LogP contribution in [0.1, 0.15) is 33.2 Å². The van der Waals surface area contributed by atoms with E-state index >= 15 is 0 Å². The van der Waals surface area contributed by atoms with Crippen molar-refractivity contribution in [2.24, 2.45) is 0 Å². The van der Waals surface area contributed by atoms with Crippen molar-refractivity contribution in [3.05, 3.63) is 65.2 Å². The molecule has 8 heteroatoms. The van der Waals surface area contributed by atoms with Crippen molar-refractivity contribution in [1.29, 1.82) is 0 Å². The summed E-state index contributed by atoms with van der Waals surface area (Å²) in [6.07, 6.45) is 0. The third-order valence-electron chi connectivity index (χ3n) is 5.90. The molecule has 32 heavy (non-hydrogen) atoms. The van der Waals surface area contributed by atoms with Crippen LogP contribution in [0.5, 0.6) is 5.75 Å². The highest BCUT2D eigenvalue weighted by Gasteiger charge is 2.42. The van der Waals surface area contributed by atoms with Crippen molar-refractivity contribution >= 4 is 23.6 Å². The average molecular weight is 435 g/mol. The summed E-state index contributed by atoms with van der Waals surface area (Å²) in [7, 11) is 0. The molecular weight excluding hydrogens is 410 g/mol. The van der Waals surface area contributed by atoms with Gasteiger partial charge in [0.1, 0.15) is 11.8 Å². The highest BCUT2D eigenvalue weighted by atomic mass is 16.5. The Morgan fingerprint density at radius 2 is 1.41 bits per heavy atom. The van der Waals surface area contributed by atoms with Gasteiger partial charge in [-0.2, -0.15) is 0 Å². The molecule has 8 nitrogen and oxygen atoms in total. The molecule has 0 bridgehead atoms. The molecule has 0 saturated carbocycles. The second-order valence-corrected chi connectivity index (χ2v) is 8.01. The number of nitrogens with zero attached hydrogens (tertiary/aromatic N) is 3. The number of fused-ring (bicyclic) bond motifs is 1. The predicted octanol–water partition coefficient (Wildman–Crippen LogP) is 1.73. The topological polar surface area (TPSA) is 87.2 Å². The Kier molecular flexibility index (Phi) is 5.94. The molecule has 0 aromatic heterocycles. The van der Waals surface area contributed by atoms with Crippen LogP contribution >= 0.6 is 0 Å². The molecule has 2 aliphatic rings. The second-order valence-electron chi connectivity index (χ2n) is 8.01. The number of ether oxygens (including phenoxy) is 1. The van der Waals surface area contributed by atoms with E-state index in [1.807, 2.05) is 31.2 Å². The molecule has 2 aromatic carbocycles. The zero-order valence-electron chi connectivity index (χ0n) is 18.1. The summed E-state index contributed by atoms with van der Waals surface area (Å²) in [6.45, 7) is 4.89. The van der Waals surface area contributed by atoms with E-state index in [1.54, 1.807) is 41.0 Å². The third kappa shape index (κ3) is 4.08. The van der Waals surface area contributed by atoms with Crippen LogP contribution in [-0.2, 0) is 9.59 Å². The Balaban J connectivity index is 1.30. The molecule has 2 aromatic rings. The van der Waals surface area contributed by atoms with Gasteiger partial charge in [-0.15, -0.1) is 0 Å². The number of carbonyl (C=O) groups is 4. The first kappa shape index (κ1) is 21.5. The van der Waals surface area contributed by atoms with E-state index in [0.29, 0.717) is 43.1 Å². The Morgan fingerprint density at radius 3 is 1.97 bits per heavy atom. The van der Waals surface area contributed by atoms with Gasteiger partial charge in [0.25, 0.3) is 17.7 Å². The number of rotatable bonds is 5. The fraction of sp³-hybridized carbons (Fsp3) is 0.333. The van der Waals surface area contributed by atoms with Crippen LogP contribution in [-0.4, -0.2) is 77.2 Å². The minimum absolute atomic E-state index is 0.0670. The van der Waals surface area contributed by atoms with E-state index in [4.69, 9.17) is 4.74 Å². The third-order valence-corrected chi connectivity index (χ3v) is 5.90. The molecule has 2 aliphatic heterocycles. The number of carbonyl (C=O) groups excluding carboxylic acids is 4. The molecule has 4 amide bonds. The largest absolute Gasteiger partial charge is 0.484 e. The Hall–Kier alpha value is -3.68. The van der Waals surface area contributed by atoms with Gasteiger partial charge in [0, 0.05) is 26.2 Å². The molecule has 0 spiro atoms. The van der Waals surface area contributed by atoms with E-state index in [1.165, 1.54) is 0 Å². The molecule has 166 valence electrons. The fourth-order valence-electron chi connectivity index (χ4n) is 3.98. The smallest absolute Gasteiger partial charge is 0.262 e. The van der Waals surface area contributed by atoms with E-state index < -0.39 is 17.9 Å². The first-order chi connectivity index (χ1) is 15.4. The Labute approximate surface area is 186 Å². The standard InChI is InChI=1S/C24H25N3O5/c1-16-7-9-18(10-8-16)32-15-21(28)25-11-13-26(14-12-25)22(29)17(2)27-23(30)19-5-3-4-6-20(19)24(27)31/h3-10,17H,11-15H2,1-2H3. The molecule has 2 heterocycles. The van der Waals surface area contributed by atoms with Crippen LogP contribution in [0.3, 0.4) is 0 Å². The Morgan fingerprint density at radius 1 is 0.875 bits per heavy atom. The maximum absolute atomic E-state index is 13.0. The van der Waals surface area contributed by atoms with Gasteiger partial charge < -0.3 is 14.5 Å². The van der Waals surface area contributed by atoms with Crippen LogP contribution in [0.25, 0.3) is 0 Å². The summed E-state index contributed by atoms with van der Waals surface area (Å²) in [5.74, 6) is -0.719. The first-order valence-electron chi connectivity index (χ1n) is 10.6. The minimum Gasteiger partial charge on any atom is -0.484 e. The van der Waals surface area contributed by atoms with Crippen molar-refractivity contribution in [3.8, 4) is 5.75 Å². The zero-order chi connectivity index (χ0) is 22.8. The molecule has 0 radical (unpaired) electrons. The van der Waals surface area contributed by atoms with Crippen molar-refractivity contribution in [3.63, 3.8) is 0 Å². The second kappa shape index (κ2) is 8.82. The number of hydrogen-bond acceptors (Lipinski definition) is 5. The van der Waals surface area contributed by atoms with Crippen LogP contribution < -0.4 is 4.74 Å². The number of imide groups is 1. The zero-order valence-corrected chi connectivity index (χ0v) is 18.1. The van der Waals surface area contributed by atoms with E-state index in [9.17, 15) is 19.2 Å². The minimum atomic E-state index is -0.908. The van der Waals surface area contributed by atoms with E-state index in [-0.39, 0.29) is 18.4 Å². The van der Waals surface area contributed by atoms with Gasteiger partial charge >= 0.3 is 0 Å². The maximum Gasteiger partial charge on any atom is 0.262 e. The number of piperazine rings is 1. The van der Waals surface area contributed by atoms with Gasteiger partial charge in [0.15, 0.2) is 6.61 Å². The fourth-order valence-corrected chi connectivity index (χ4v) is 3.98. The average Bonchev–Trinajstić information content (AvgIpc) is 3.08. The van der Waals surface area contributed by atoms with E-state index in [2.05, 4.69) is 0 Å². The lowest BCUT2D eigenvalue weighted by Crippen LogP contribution is -2.56. The molecule has 0 N–H and O–H groups in total. The lowest BCUT2D eigenvalue weighted by atomic mass is 10.1. The van der Waals surface area contributed by atoms with Gasteiger partial charge in [0.2, 0.25) is 5.91 Å². The summed E-state index contributed by atoms with van der Waals surface area (Å²) in [5.41, 5.74) is 1.75. The van der Waals surface area contributed by atoms with Crippen molar-refractivity contribution in [2.75, 3.05) is 32.8 Å². The highest BCUT2D eigenvalue weighted by Crippen LogP contribution is 2.25. The van der Waals surface area contributed by atoms with Crippen LogP contribution in [0.4, 0.5) is 0 Å². The molecule has 1 atom stereocenters. The van der Waals surface area contributed by atoms with Gasteiger partial charge in [0.05, 0.1) is 11.1 Å². The number of aryl methyl sites for hydroxylation is 1. The molecular formula is C24H25N3O5. The summed E-state index contributed by atoms with van der Waals surface area (Å²) in [6, 6.07) is 13.1. The predicted molar refractivity (Wildman–Crippen MR) is 116 cm³/mol. The monoisotopic (exact) mass is 435 g/mol. The van der Waals surface area contributed by atoms with Gasteiger partial charge in [-0.25, -0.2) is 0 Å². The molecule has 1 unspecified atom stereocenters. The molecule has 0 aliphatic carbocycles. The van der Waals surface area contributed by atoms with Crippen molar-refractivity contribution in [1.82, 2.24) is 14.7 Å². The normalized spacial score (nSPS) is 16.8. The van der Waals surface area contributed by atoms with Crippen LogP contribution in [0.2, 0.25) is 0 Å². The lowest BCUT2D eigenvalue weighted by molar-refractivity contribution is -0.142. The molecule has 1 saturated heterocycles. The van der Waals surface area contributed by atoms with Gasteiger partial charge in [-0.1, -0.05) is 29.8 Å². The lowest BCUT2D eigenvalue weighted by Gasteiger charge is -2.37. The highest BCUT2D eigenvalue weighted by molar-refractivity contribution is 6.22. The first-order valence-corrected chi connectivity index (χ1v) is 10.6. The van der Waals surface area contributed by atoms with Gasteiger partial charge in [-0.05, 0) is 38.1 Å². The summed E-state index contributed by atoms with van der Waals surface area (Å²) in [4.78, 5) is 55.0. The van der Waals surface area contributed by atoms with E-state index in [0.717, 1.165) is 10.5 Å². The Bertz CT molecular complexity index is 1020. The molecule has 4 rings (SSSR count). The quantitative estimate of drug-likeness (QED) is 0.668. The number of hydrogen-bond donors (Lipinski definition) is 0. The van der Waals surface area contributed by atoms with Gasteiger partial charge in [-0.3, -0.25) is 24.1 Å². The van der Waals surface area contributed by atoms with Crippen LogP contribution in [0.15, 0.2) is 48.5 Å². The number of benzene rings is 2. The number of amides is 4.